The number of fused-ring (bicyclic) bond motifs is 1. The number of carbonyl (C=O) groups excluding carboxylic acids is 2. The van der Waals surface area contributed by atoms with E-state index in [1.807, 2.05) is 12.1 Å². The highest BCUT2D eigenvalue weighted by Crippen LogP contribution is 2.25. The fourth-order valence-electron chi connectivity index (χ4n) is 2.65. The van der Waals surface area contributed by atoms with Gasteiger partial charge in [0.05, 0.1) is 5.69 Å². The first-order valence-corrected chi connectivity index (χ1v) is 7.25. The van der Waals surface area contributed by atoms with Gasteiger partial charge in [0, 0.05) is 31.0 Å². The number of anilines is 1. The lowest BCUT2D eigenvalue weighted by Crippen LogP contribution is -2.23. The number of rotatable bonds is 2. The van der Waals surface area contributed by atoms with Crippen LogP contribution in [0.25, 0.3) is 0 Å². The molecule has 0 bridgehead atoms. The van der Waals surface area contributed by atoms with E-state index < -0.39 is 5.97 Å². The van der Waals surface area contributed by atoms with Crippen molar-refractivity contribution in [3.05, 3.63) is 48.0 Å². The normalized spacial score (nSPS) is 18.4. The summed E-state index contributed by atoms with van der Waals surface area (Å²) in [5.74, 6) is -0.271. The van der Waals surface area contributed by atoms with E-state index in [-0.39, 0.29) is 17.5 Å². The average Bonchev–Trinajstić information content (AvgIpc) is 3.13. The van der Waals surface area contributed by atoms with Crippen molar-refractivity contribution in [1.29, 1.82) is 0 Å². The van der Waals surface area contributed by atoms with E-state index in [0.717, 1.165) is 18.7 Å². The van der Waals surface area contributed by atoms with Gasteiger partial charge in [0.1, 0.15) is 0 Å². The summed E-state index contributed by atoms with van der Waals surface area (Å²) in [7, 11) is 0. The molecule has 0 unspecified atom stereocenters. The molecule has 0 spiro atoms. The number of ether oxygens (including phenoxy) is 1. The molecular formula is C16H12N4O3. The van der Waals surface area contributed by atoms with Crippen molar-refractivity contribution < 1.29 is 14.3 Å². The summed E-state index contributed by atoms with van der Waals surface area (Å²) in [6.45, 7) is 0.743. The average molecular weight is 308 g/mol. The van der Waals surface area contributed by atoms with Crippen LogP contribution in [-0.4, -0.2) is 34.3 Å². The molecule has 2 aliphatic rings. The maximum Gasteiger partial charge on any atom is 0.366 e. The van der Waals surface area contributed by atoms with Crippen molar-refractivity contribution >= 4 is 29.1 Å². The largest absolute Gasteiger partial charge is 0.400 e. The Morgan fingerprint density at radius 2 is 1.78 bits per heavy atom. The van der Waals surface area contributed by atoms with Gasteiger partial charge < -0.3 is 9.64 Å². The van der Waals surface area contributed by atoms with Gasteiger partial charge in [-0.2, -0.15) is 0 Å². The van der Waals surface area contributed by atoms with Crippen LogP contribution < -0.4 is 4.90 Å². The van der Waals surface area contributed by atoms with Crippen molar-refractivity contribution in [2.24, 2.45) is 4.99 Å². The highest BCUT2D eigenvalue weighted by molar-refractivity contribution is 6.15. The molecule has 7 nitrogen and oxygen atoms in total. The lowest BCUT2D eigenvalue weighted by atomic mass is 10.2. The smallest absolute Gasteiger partial charge is 0.366 e. The summed E-state index contributed by atoms with van der Waals surface area (Å²) in [5, 5.41) is 0. The van der Waals surface area contributed by atoms with E-state index >= 15 is 0 Å². The molecule has 1 fully saturated rings. The lowest BCUT2D eigenvalue weighted by Gasteiger charge is -2.15. The molecule has 7 heteroatoms. The van der Waals surface area contributed by atoms with Gasteiger partial charge in [0.2, 0.25) is 5.91 Å². The zero-order valence-electron chi connectivity index (χ0n) is 12.1. The van der Waals surface area contributed by atoms with Crippen LogP contribution in [0.3, 0.4) is 0 Å². The minimum atomic E-state index is -0.550. The molecule has 1 aromatic carbocycles. The van der Waals surface area contributed by atoms with E-state index in [0.29, 0.717) is 17.8 Å². The fraction of sp³-hybridized carbons (Fsp3) is 0.188. The number of benzene rings is 1. The molecule has 1 amide bonds. The van der Waals surface area contributed by atoms with Crippen molar-refractivity contribution in [1.82, 2.24) is 9.97 Å². The fourth-order valence-corrected chi connectivity index (χ4v) is 2.65. The lowest BCUT2D eigenvalue weighted by molar-refractivity contribution is -0.117. The second-order valence-corrected chi connectivity index (χ2v) is 5.23. The van der Waals surface area contributed by atoms with E-state index in [2.05, 4.69) is 15.0 Å². The van der Waals surface area contributed by atoms with E-state index in [1.54, 1.807) is 17.0 Å². The van der Waals surface area contributed by atoms with Gasteiger partial charge in [-0.25, -0.2) is 19.8 Å². The van der Waals surface area contributed by atoms with Crippen LogP contribution in [0.1, 0.15) is 29.0 Å². The van der Waals surface area contributed by atoms with Crippen LogP contribution >= 0.6 is 0 Å². The first-order chi connectivity index (χ1) is 11.2. The monoisotopic (exact) mass is 308 g/mol. The van der Waals surface area contributed by atoms with Crippen LogP contribution in [0.2, 0.25) is 0 Å². The first kappa shape index (κ1) is 13.6. The zero-order valence-corrected chi connectivity index (χ0v) is 12.1. The Morgan fingerprint density at radius 1 is 1.04 bits per heavy atom. The SMILES string of the molecule is O=C1O/C(=N\c2ccc(N3CCCC3=O)cc2)c2nccnc21. The minimum absolute atomic E-state index is 0.137. The van der Waals surface area contributed by atoms with Gasteiger partial charge in [-0.05, 0) is 30.7 Å². The maximum atomic E-state index is 11.7. The zero-order chi connectivity index (χ0) is 15.8. The first-order valence-electron chi connectivity index (χ1n) is 7.25. The molecule has 2 aromatic rings. The Kier molecular flexibility index (Phi) is 3.11. The molecule has 0 radical (unpaired) electrons. The Hall–Kier alpha value is -3.09. The second kappa shape index (κ2) is 5.28. The van der Waals surface area contributed by atoms with Gasteiger partial charge in [-0.1, -0.05) is 0 Å². The quantitative estimate of drug-likeness (QED) is 0.790. The Labute approximate surface area is 131 Å². The molecule has 1 saturated heterocycles. The van der Waals surface area contributed by atoms with E-state index in [1.165, 1.54) is 12.4 Å². The van der Waals surface area contributed by atoms with Crippen molar-refractivity contribution in [3.8, 4) is 0 Å². The number of cyclic esters (lactones) is 1. The third-order valence-electron chi connectivity index (χ3n) is 3.75. The highest BCUT2D eigenvalue weighted by Gasteiger charge is 2.30. The summed E-state index contributed by atoms with van der Waals surface area (Å²) < 4.78 is 5.10. The molecular weight excluding hydrogens is 296 g/mol. The third kappa shape index (κ3) is 2.36. The topological polar surface area (TPSA) is 84.8 Å². The predicted octanol–water partition coefficient (Wildman–Crippen LogP) is 1.85. The number of aliphatic imine (C=N–C) groups is 1. The van der Waals surface area contributed by atoms with Gasteiger partial charge >= 0.3 is 5.97 Å². The predicted molar refractivity (Wildman–Crippen MR) is 81.7 cm³/mol. The number of nitrogens with zero attached hydrogens (tertiary/aromatic N) is 4. The number of hydrogen-bond donors (Lipinski definition) is 0. The van der Waals surface area contributed by atoms with Gasteiger partial charge in [0.15, 0.2) is 11.4 Å². The number of carbonyl (C=O) groups is 2. The van der Waals surface area contributed by atoms with Crippen molar-refractivity contribution in [2.45, 2.75) is 12.8 Å². The molecule has 114 valence electrons. The molecule has 1 aromatic heterocycles. The van der Waals surface area contributed by atoms with Crippen LogP contribution in [0.5, 0.6) is 0 Å². The van der Waals surface area contributed by atoms with Crippen LogP contribution in [0.15, 0.2) is 41.7 Å². The molecule has 0 aliphatic carbocycles. The van der Waals surface area contributed by atoms with Crippen LogP contribution in [0.4, 0.5) is 11.4 Å². The molecule has 2 aliphatic heterocycles. The Morgan fingerprint density at radius 3 is 2.48 bits per heavy atom. The maximum absolute atomic E-state index is 11.7. The molecule has 3 heterocycles. The molecule has 0 atom stereocenters. The number of hydrogen-bond acceptors (Lipinski definition) is 6. The number of esters is 1. The number of aromatic nitrogens is 2. The number of amides is 1. The van der Waals surface area contributed by atoms with Crippen LogP contribution in [-0.2, 0) is 9.53 Å². The third-order valence-corrected chi connectivity index (χ3v) is 3.75. The molecule has 0 saturated carbocycles. The molecule has 0 N–H and O–H groups in total. The highest BCUT2D eigenvalue weighted by atomic mass is 16.5. The summed E-state index contributed by atoms with van der Waals surface area (Å²) in [6, 6.07) is 7.21. The standard InChI is InChI=1S/C16H12N4O3/c21-12-2-1-9-20(12)11-5-3-10(4-6-11)19-15-13-14(16(22)23-15)18-8-7-17-13/h3-8H,1-2,9H2/b19-15-. The second-order valence-electron chi connectivity index (χ2n) is 5.23. The summed E-state index contributed by atoms with van der Waals surface area (Å²) in [6.07, 6.45) is 4.40. The summed E-state index contributed by atoms with van der Waals surface area (Å²) >= 11 is 0. The minimum Gasteiger partial charge on any atom is -0.400 e. The molecule has 23 heavy (non-hydrogen) atoms. The molecule has 4 rings (SSSR count). The van der Waals surface area contributed by atoms with E-state index in [9.17, 15) is 9.59 Å². The van der Waals surface area contributed by atoms with E-state index in [4.69, 9.17) is 4.74 Å². The van der Waals surface area contributed by atoms with Crippen LogP contribution in [0, 0.1) is 0 Å². The van der Waals surface area contributed by atoms with Gasteiger partial charge in [-0.15, -0.1) is 0 Å². The van der Waals surface area contributed by atoms with Crippen molar-refractivity contribution in [3.63, 3.8) is 0 Å². The summed E-state index contributed by atoms with van der Waals surface area (Å²) in [4.78, 5) is 37.5. The Bertz CT molecular complexity index is 829. The van der Waals surface area contributed by atoms with Gasteiger partial charge in [-0.3, -0.25) is 4.79 Å². The Balaban J connectivity index is 1.63. The summed E-state index contributed by atoms with van der Waals surface area (Å²) in [5.41, 5.74) is 1.98. The van der Waals surface area contributed by atoms with Gasteiger partial charge in [0.25, 0.3) is 5.90 Å². The van der Waals surface area contributed by atoms with Crippen molar-refractivity contribution in [2.75, 3.05) is 11.4 Å².